The topological polar surface area (TPSA) is 75.6 Å². The van der Waals surface area contributed by atoms with Crippen LogP contribution in [0.1, 0.15) is 27.3 Å². The van der Waals surface area contributed by atoms with Gasteiger partial charge in [-0.15, -0.1) is 0 Å². The Morgan fingerprint density at radius 3 is 2.72 bits per heavy atom. The van der Waals surface area contributed by atoms with Gasteiger partial charge >= 0.3 is 0 Å². The van der Waals surface area contributed by atoms with Gasteiger partial charge in [0.1, 0.15) is 0 Å². The maximum atomic E-state index is 13.0. The minimum absolute atomic E-state index is 0.188. The maximum absolute atomic E-state index is 13.0. The summed E-state index contributed by atoms with van der Waals surface area (Å²) in [6, 6.07) is 17.1. The van der Waals surface area contributed by atoms with Crippen molar-refractivity contribution in [2.24, 2.45) is 0 Å². The second-order valence-electron chi connectivity index (χ2n) is 6.80. The second-order valence-corrected chi connectivity index (χ2v) is 7.21. The van der Waals surface area contributed by atoms with Crippen LogP contribution in [0.3, 0.4) is 0 Å². The summed E-state index contributed by atoms with van der Waals surface area (Å²) in [6.07, 6.45) is 1.70. The summed E-state index contributed by atoms with van der Waals surface area (Å²) in [5.41, 5.74) is 5.55. The van der Waals surface area contributed by atoms with Crippen LogP contribution in [-0.4, -0.2) is 25.9 Å². The molecule has 0 saturated carbocycles. The van der Waals surface area contributed by atoms with Crippen molar-refractivity contribution < 1.29 is 4.79 Å². The first-order valence-electron chi connectivity index (χ1n) is 9.21. The number of anilines is 1. The highest BCUT2D eigenvalue weighted by molar-refractivity contribution is 6.31. The van der Waals surface area contributed by atoms with Gasteiger partial charge in [-0.3, -0.25) is 14.6 Å². The Balaban J connectivity index is 1.57. The Hall–Kier alpha value is -3.38. The maximum Gasteiger partial charge on any atom is 0.259 e. The molecule has 0 saturated heterocycles. The lowest BCUT2D eigenvalue weighted by molar-refractivity contribution is 0.102. The van der Waals surface area contributed by atoms with E-state index in [1.165, 1.54) is 0 Å². The van der Waals surface area contributed by atoms with Gasteiger partial charge < -0.3 is 5.32 Å². The summed E-state index contributed by atoms with van der Waals surface area (Å²) in [7, 11) is 0. The first-order valence-corrected chi connectivity index (χ1v) is 9.59. The summed E-state index contributed by atoms with van der Waals surface area (Å²) >= 11 is 6.27. The number of nitrogens with zero attached hydrogens (tertiary/aromatic N) is 3. The summed E-state index contributed by atoms with van der Waals surface area (Å²) in [4.78, 5) is 13.0. The molecular formula is C22H20ClN5O. The highest BCUT2D eigenvalue weighted by atomic mass is 35.5. The van der Waals surface area contributed by atoms with E-state index >= 15 is 0 Å². The molecular weight excluding hydrogens is 386 g/mol. The van der Waals surface area contributed by atoms with Crippen LogP contribution in [0.25, 0.3) is 11.3 Å². The second kappa shape index (κ2) is 7.93. The molecule has 29 heavy (non-hydrogen) atoms. The van der Waals surface area contributed by atoms with Crippen LogP contribution in [0.4, 0.5) is 5.69 Å². The molecule has 0 bridgehead atoms. The highest BCUT2D eigenvalue weighted by Gasteiger charge is 2.19. The molecule has 2 aromatic carbocycles. The van der Waals surface area contributed by atoms with E-state index in [0.717, 1.165) is 22.5 Å². The Morgan fingerprint density at radius 1 is 1.14 bits per heavy atom. The number of carbonyl (C=O) groups excluding carboxylic acids is 1. The lowest BCUT2D eigenvalue weighted by Crippen LogP contribution is -2.14. The van der Waals surface area contributed by atoms with Crippen LogP contribution in [0.15, 0.2) is 60.8 Å². The molecule has 0 spiro atoms. The Morgan fingerprint density at radius 2 is 1.97 bits per heavy atom. The predicted molar refractivity (Wildman–Crippen MR) is 114 cm³/mol. The molecule has 4 aromatic rings. The van der Waals surface area contributed by atoms with E-state index in [1.54, 1.807) is 6.20 Å². The number of nitrogens with one attached hydrogen (secondary N) is 2. The lowest BCUT2D eigenvalue weighted by Gasteiger charge is -2.09. The normalized spacial score (nSPS) is 10.9. The number of benzene rings is 2. The largest absolute Gasteiger partial charge is 0.322 e. The molecule has 146 valence electrons. The monoisotopic (exact) mass is 405 g/mol. The molecule has 1 amide bonds. The fourth-order valence-electron chi connectivity index (χ4n) is 3.34. The van der Waals surface area contributed by atoms with Crippen molar-refractivity contribution in [3.63, 3.8) is 0 Å². The summed E-state index contributed by atoms with van der Waals surface area (Å²) in [5.74, 6) is -0.188. The number of aryl methyl sites for hydroxylation is 1. The summed E-state index contributed by atoms with van der Waals surface area (Å²) in [5, 5.41) is 15.1. The van der Waals surface area contributed by atoms with Gasteiger partial charge in [-0.1, -0.05) is 41.9 Å². The van der Waals surface area contributed by atoms with Crippen LogP contribution in [0.5, 0.6) is 0 Å². The van der Waals surface area contributed by atoms with Gasteiger partial charge in [-0.25, -0.2) is 0 Å². The molecule has 2 aromatic heterocycles. The van der Waals surface area contributed by atoms with Gasteiger partial charge in [0.15, 0.2) is 0 Å². The number of hydrogen-bond donors (Lipinski definition) is 2. The van der Waals surface area contributed by atoms with E-state index < -0.39 is 0 Å². The van der Waals surface area contributed by atoms with E-state index in [2.05, 4.69) is 20.6 Å². The molecule has 2 N–H and O–H groups in total. The number of aromatic amines is 1. The zero-order chi connectivity index (χ0) is 20.4. The molecule has 0 aliphatic carbocycles. The average Bonchev–Trinajstić information content (AvgIpc) is 3.32. The van der Waals surface area contributed by atoms with Crippen molar-refractivity contribution in [1.82, 2.24) is 20.0 Å². The molecule has 0 atom stereocenters. The molecule has 0 unspecified atom stereocenters. The SMILES string of the molecule is Cc1nn(Cc2ccccc2Cl)c(C)c1C(=O)Nc1cccc(-c2ccn[nH]2)c1. The van der Waals surface area contributed by atoms with Crippen molar-refractivity contribution in [3.8, 4) is 11.3 Å². The summed E-state index contributed by atoms with van der Waals surface area (Å²) in [6.45, 7) is 4.24. The van der Waals surface area contributed by atoms with Gasteiger partial charge in [0, 0.05) is 28.2 Å². The molecule has 2 heterocycles. The van der Waals surface area contributed by atoms with Crippen molar-refractivity contribution in [2.45, 2.75) is 20.4 Å². The smallest absolute Gasteiger partial charge is 0.259 e. The lowest BCUT2D eigenvalue weighted by atomic mass is 10.1. The Labute approximate surface area is 173 Å². The summed E-state index contributed by atoms with van der Waals surface area (Å²) < 4.78 is 1.81. The van der Waals surface area contributed by atoms with Crippen LogP contribution in [0.2, 0.25) is 5.02 Å². The number of halogens is 1. The molecule has 6 nitrogen and oxygen atoms in total. The number of carbonyl (C=O) groups is 1. The molecule has 0 aliphatic rings. The first-order chi connectivity index (χ1) is 14.0. The molecule has 7 heteroatoms. The Bertz CT molecular complexity index is 1160. The number of aromatic nitrogens is 4. The zero-order valence-electron chi connectivity index (χ0n) is 16.1. The molecule has 4 rings (SSSR count). The predicted octanol–water partition coefficient (Wildman–Crippen LogP) is 4.84. The van der Waals surface area contributed by atoms with Crippen molar-refractivity contribution in [2.75, 3.05) is 5.32 Å². The van der Waals surface area contributed by atoms with Gasteiger partial charge in [-0.05, 0) is 43.7 Å². The quantitative estimate of drug-likeness (QED) is 0.498. The highest BCUT2D eigenvalue weighted by Crippen LogP contribution is 2.23. The van der Waals surface area contributed by atoms with Gasteiger partial charge in [0.2, 0.25) is 0 Å². The van der Waals surface area contributed by atoms with Crippen molar-refractivity contribution in [1.29, 1.82) is 0 Å². The third-order valence-electron chi connectivity index (χ3n) is 4.82. The average molecular weight is 406 g/mol. The van der Waals surface area contributed by atoms with Crippen LogP contribution < -0.4 is 5.32 Å². The standard InChI is InChI=1S/C22H20ClN5O/c1-14-21(15(2)28(27-14)13-17-6-3-4-9-19(17)23)22(29)25-18-8-5-7-16(12-18)20-10-11-24-26-20/h3-12H,13H2,1-2H3,(H,24,26)(H,25,29). The van der Waals surface area contributed by atoms with Crippen LogP contribution in [0, 0.1) is 13.8 Å². The van der Waals surface area contributed by atoms with Gasteiger partial charge in [0.25, 0.3) is 5.91 Å². The molecule has 0 fully saturated rings. The Kier molecular flexibility index (Phi) is 5.18. The minimum atomic E-state index is -0.188. The third-order valence-corrected chi connectivity index (χ3v) is 5.19. The van der Waals surface area contributed by atoms with Crippen molar-refractivity contribution in [3.05, 3.63) is 88.3 Å². The number of hydrogen-bond acceptors (Lipinski definition) is 3. The van der Waals surface area contributed by atoms with E-state index in [1.807, 2.05) is 73.1 Å². The van der Waals surface area contributed by atoms with Crippen LogP contribution >= 0.6 is 11.6 Å². The van der Waals surface area contributed by atoms with Crippen molar-refractivity contribution >= 4 is 23.2 Å². The van der Waals surface area contributed by atoms with Gasteiger partial charge in [-0.2, -0.15) is 10.2 Å². The fraction of sp³-hybridized carbons (Fsp3) is 0.136. The van der Waals surface area contributed by atoms with Gasteiger partial charge in [0.05, 0.1) is 23.5 Å². The number of amides is 1. The molecule has 0 radical (unpaired) electrons. The minimum Gasteiger partial charge on any atom is -0.322 e. The van der Waals surface area contributed by atoms with E-state index in [0.29, 0.717) is 28.5 Å². The van der Waals surface area contributed by atoms with Crippen LogP contribution in [-0.2, 0) is 6.54 Å². The zero-order valence-corrected chi connectivity index (χ0v) is 16.9. The number of rotatable bonds is 5. The number of H-pyrrole nitrogens is 1. The third kappa shape index (κ3) is 3.93. The molecule has 0 aliphatic heterocycles. The first kappa shape index (κ1) is 19.0. The van der Waals surface area contributed by atoms with E-state index in [4.69, 9.17) is 11.6 Å². The van der Waals surface area contributed by atoms with E-state index in [-0.39, 0.29) is 5.91 Å². The van der Waals surface area contributed by atoms with E-state index in [9.17, 15) is 4.79 Å². The fourth-order valence-corrected chi connectivity index (χ4v) is 3.54.